The molecule has 0 aromatic rings. The molecule has 0 fully saturated rings. The minimum atomic E-state index is 0.749. The Labute approximate surface area is 188 Å². The van der Waals surface area contributed by atoms with Crippen LogP contribution in [0.15, 0.2) is 70.9 Å². The molecule has 0 saturated heterocycles. The first-order chi connectivity index (χ1) is 14.2. The molecule has 0 bridgehead atoms. The number of allylic oxidation sites excluding steroid dienone is 10. The van der Waals surface area contributed by atoms with Crippen molar-refractivity contribution in [1.29, 1.82) is 0 Å². The van der Waals surface area contributed by atoms with Crippen molar-refractivity contribution in [2.45, 2.75) is 106 Å². The number of rotatable bonds is 8. The Morgan fingerprint density at radius 2 is 1.13 bits per heavy atom. The summed E-state index contributed by atoms with van der Waals surface area (Å²) in [4.78, 5) is 0. The highest BCUT2D eigenvalue weighted by atomic mass is 14.2. The van der Waals surface area contributed by atoms with E-state index in [2.05, 4.69) is 79.0 Å². The lowest BCUT2D eigenvalue weighted by Crippen LogP contribution is -2.07. The molecule has 0 aliphatic heterocycles. The molecule has 2 rings (SSSR count). The minimum absolute atomic E-state index is 0.749. The molecule has 0 amide bonds. The predicted molar refractivity (Wildman–Crippen MR) is 138 cm³/mol. The summed E-state index contributed by atoms with van der Waals surface area (Å²) in [6.07, 6.45) is 21.7. The van der Waals surface area contributed by atoms with Crippen LogP contribution >= 0.6 is 0 Å². The van der Waals surface area contributed by atoms with Gasteiger partial charge in [0.25, 0.3) is 0 Å². The van der Waals surface area contributed by atoms with E-state index >= 15 is 0 Å². The van der Waals surface area contributed by atoms with Gasteiger partial charge in [-0.25, -0.2) is 0 Å². The van der Waals surface area contributed by atoms with Gasteiger partial charge >= 0.3 is 0 Å². The standard InChI is InChI=1S/2C15H24/c2*1-12(2)6-5-7-14(4)15-10-8-13(3)9-11-15/h2*6,8,15H,4-5,7,9-11H2,1-3H3. The summed E-state index contributed by atoms with van der Waals surface area (Å²) in [5.41, 5.74) is 8.86. The molecular formula is C30H48. The van der Waals surface area contributed by atoms with Crippen LogP contribution in [0.25, 0.3) is 0 Å². The predicted octanol–water partition coefficient (Wildman–Crippen LogP) is 10.1. The largest absolute Gasteiger partial charge is 0.0996 e. The summed E-state index contributed by atoms with van der Waals surface area (Å²) in [5, 5.41) is 0. The van der Waals surface area contributed by atoms with E-state index in [9.17, 15) is 0 Å². The minimum Gasteiger partial charge on any atom is -0.0996 e. The summed E-state index contributed by atoms with van der Waals surface area (Å²) >= 11 is 0. The quantitative estimate of drug-likeness (QED) is 0.350. The van der Waals surface area contributed by atoms with Crippen molar-refractivity contribution in [2.75, 3.05) is 0 Å². The molecule has 2 atom stereocenters. The zero-order valence-corrected chi connectivity index (χ0v) is 20.9. The molecule has 168 valence electrons. The average Bonchev–Trinajstić information content (AvgIpc) is 2.69. The fraction of sp³-hybridized carbons (Fsp3) is 0.600. The Morgan fingerprint density at radius 3 is 1.40 bits per heavy atom. The van der Waals surface area contributed by atoms with Crippen LogP contribution in [-0.2, 0) is 0 Å². The second kappa shape index (κ2) is 14.4. The van der Waals surface area contributed by atoms with E-state index in [0.29, 0.717) is 0 Å². The van der Waals surface area contributed by atoms with Gasteiger partial charge in [0, 0.05) is 0 Å². The summed E-state index contributed by atoms with van der Waals surface area (Å²) in [6.45, 7) is 21.6. The molecule has 2 aliphatic carbocycles. The highest BCUT2D eigenvalue weighted by molar-refractivity contribution is 5.13. The molecule has 2 unspecified atom stereocenters. The fourth-order valence-corrected chi connectivity index (χ4v) is 4.17. The van der Waals surface area contributed by atoms with Gasteiger partial charge < -0.3 is 0 Å². The second-order valence-electron chi connectivity index (χ2n) is 10.0. The van der Waals surface area contributed by atoms with E-state index in [0.717, 1.165) is 11.8 Å². The van der Waals surface area contributed by atoms with Crippen LogP contribution in [0.5, 0.6) is 0 Å². The highest BCUT2D eigenvalue weighted by Crippen LogP contribution is 2.31. The molecule has 2 aliphatic rings. The van der Waals surface area contributed by atoms with Crippen molar-refractivity contribution in [3.05, 3.63) is 70.9 Å². The van der Waals surface area contributed by atoms with Crippen molar-refractivity contribution >= 4 is 0 Å². The maximum Gasteiger partial charge on any atom is -0.0168 e. The van der Waals surface area contributed by atoms with Gasteiger partial charge in [0.05, 0.1) is 0 Å². The summed E-state index contributed by atoms with van der Waals surface area (Å²) < 4.78 is 0. The van der Waals surface area contributed by atoms with Gasteiger partial charge in [-0.1, -0.05) is 70.9 Å². The molecule has 0 heterocycles. The third kappa shape index (κ3) is 11.6. The Kier molecular flexibility index (Phi) is 12.7. The van der Waals surface area contributed by atoms with Crippen molar-refractivity contribution in [3.8, 4) is 0 Å². The highest BCUT2D eigenvalue weighted by Gasteiger charge is 2.15. The molecule has 0 aromatic carbocycles. The molecule has 0 N–H and O–H groups in total. The maximum atomic E-state index is 4.24. The van der Waals surface area contributed by atoms with Gasteiger partial charge in [0.1, 0.15) is 0 Å². The van der Waals surface area contributed by atoms with Crippen LogP contribution < -0.4 is 0 Å². The SMILES string of the molecule is C=C(CCC=C(C)C)C1CC=C(C)CC1.C=C(CCC=C(C)C)C1CC=C(C)CC1. The van der Waals surface area contributed by atoms with Crippen LogP contribution in [0.3, 0.4) is 0 Å². The molecule has 0 spiro atoms. The zero-order valence-electron chi connectivity index (χ0n) is 20.9. The van der Waals surface area contributed by atoms with E-state index < -0.39 is 0 Å². The molecule has 0 radical (unpaired) electrons. The molecule has 0 nitrogen and oxygen atoms in total. The summed E-state index contributed by atoms with van der Waals surface area (Å²) in [7, 11) is 0. The third-order valence-corrected chi connectivity index (χ3v) is 6.47. The lowest BCUT2D eigenvalue weighted by atomic mass is 9.84. The van der Waals surface area contributed by atoms with E-state index in [1.54, 1.807) is 11.1 Å². The molecule has 0 aromatic heterocycles. The van der Waals surface area contributed by atoms with Gasteiger partial charge in [0.2, 0.25) is 0 Å². The second-order valence-corrected chi connectivity index (χ2v) is 10.0. The first-order valence-corrected chi connectivity index (χ1v) is 12.1. The fourth-order valence-electron chi connectivity index (χ4n) is 4.17. The summed E-state index contributed by atoms with van der Waals surface area (Å²) in [6, 6.07) is 0. The average molecular weight is 409 g/mol. The van der Waals surface area contributed by atoms with Crippen molar-refractivity contribution < 1.29 is 0 Å². The maximum absolute atomic E-state index is 4.24. The number of hydrogen-bond donors (Lipinski definition) is 0. The van der Waals surface area contributed by atoms with Gasteiger partial charge in [-0.3, -0.25) is 0 Å². The Hall–Kier alpha value is -1.56. The third-order valence-electron chi connectivity index (χ3n) is 6.47. The van der Waals surface area contributed by atoms with Crippen LogP contribution in [0.2, 0.25) is 0 Å². The molecule has 30 heavy (non-hydrogen) atoms. The number of hydrogen-bond acceptors (Lipinski definition) is 0. The van der Waals surface area contributed by atoms with E-state index in [1.165, 1.54) is 86.5 Å². The topological polar surface area (TPSA) is 0 Å². The Morgan fingerprint density at radius 1 is 0.767 bits per heavy atom. The van der Waals surface area contributed by atoms with Crippen molar-refractivity contribution in [2.24, 2.45) is 11.8 Å². The van der Waals surface area contributed by atoms with Gasteiger partial charge in [0.15, 0.2) is 0 Å². The lowest BCUT2D eigenvalue weighted by Gasteiger charge is -2.22. The smallest absolute Gasteiger partial charge is 0.0168 e. The zero-order chi connectivity index (χ0) is 22.5. The molecular weight excluding hydrogens is 360 g/mol. The molecule has 0 heteroatoms. The van der Waals surface area contributed by atoms with E-state index in [4.69, 9.17) is 0 Å². The van der Waals surface area contributed by atoms with Crippen LogP contribution in [-0.4, -0.2) is 0 Å². The first-order valence-electron chi connectivity index (χ1n) is 12.1. The van der Waals surface area contributed by atoms with E-state index in [1.807, 2.05) is 0 Å². The van der Waals surface area contributed by atoms with Crippen LogP contribution in [0.1, 0.15) is 106 Å². The van der Waals surface area contributed by atoms with Gasteiger partial charge in [-0.05, 0) is 118 Å². The Balaban J connectivity index is 0.000000300. The Bertz CT molecular complexity index is 609. The first kappa shape index (κ1) is 26.5. The van der Waals surface area contributed by atoms with Gasteiger partial charge in [-0.2, -0.15) is 0 Å². The summed E-state index contributed by atoms with van der Waals surface area (Å²) in [5.74, 6) is 1.50. The van der Waals surface area contributed by atoms with Crippen molar-refractivity contribution in [1.82, 2.24) is 0 Å². The van der Waals surface area contributed by atoms with Gasteiger partial charge in [-0.15, -0.1) is 0 Å². The van der Waals surface area contributed by atoms with Crippen LogP contribution in [0.4, 0.5) is 0 Å². The monoisotopic (exact) mass is 408 g/mol. The van der Waals surface area contributed by atoms with Crippen molar-refractivity contribution in [3.63, 3.8) is 0 Å². The molecule has 0 saturated carbocycles. The normalized spacial score (nSPS) is 20.7. The van der Waals surface area contributed by atoms with E-state index in [-0.39, 0.29) is 0 Å². The van der Waals surface area contributed by atoms with Crippen LogP contribution in [0, 0.1) is 11.8 Å². The lowest BCUT2D eigenvalue weighted by molar-refractivity contribution is 0.524.